The molecule has 0 aliphatic rings. The lowest BCUT2D eigenvalue weighted by molar-refractivity contribution is -0.151. The highest BCUT2D eigenvalue weighted by Gasteiger charge is 2.25. The molecule has 3 rings (SSSR count). The Morgan fingerprint density at radius 2 is 1.52 bits per heavy atom. The first-order chi connectivity index (χ1) is 15.8. The van der Waals surface area contributed by atoms with Crippen molar-refractivity contribution >= 4 is 17.8 Å². The molecule has 6 nitrogen and oxygen atoms in total. The van der Waals surface area contributed by atoms with Crippen molar-refractivity contribution < 1.29 is 23.5 Å². The summed E-state index contributed by atoms with van der Waals surface area (Å²) in [5, 5.41) is 2.63. The zero-order valence-corrected chi connectivity index (χ0v) is 18.2. The van der Waals surface area contributed by atoms with Crippen molar-refractivity contribution in [2.24, 2.45) is 5.73 Å². The number of nitrogens with two attached hydrogens (primary N) is 1. The van der Waals surface area contributed by atoms with Gasteiger partial charge >= 0.3 is 5.97 Å². The summed E-state index contributed by atoms with van der Waals surface area (Å²) in [5.74, 6) is -2.18. The summed E-state index contributed by atoms with van der Waals surface area (Å²) < 4.78 is 18.6. The Hall–Kier alpha value is -4.00. The molecule has 0 saturated carbocycles. The maximum atomic E-state index is 13.1. The summed E-state index contributed by atoms with van der Waals surface area (Å²) in [6.07, 6.45) is -0.771. The van der Waals surface area contributed by atoms with Crippen molar-refractivity contribution in [3.8, 4) is 11.1 Å². The van der Waals surface area contributed by atoms with Crippen molar-refractivity contribution in [3.63, 3.8) is 0 Å². The number of esters is 1. The quantitative estimate of drug-likeness (QED) is 0.480. The first kappa shape index (κ1) is 23.7. The smallest absolute Gasteiger partial charge is 0.329 e. The minimum Gasteiger partial charge on any atom is -0.456 e. The third-order valence-electron chi connectivity index (χ3n) is 5.16. The summed E-state index contributed by atoms with van der Waals surface area (Å²) >= 11 is 0. The summed E-state index contributed by atoms with van der Waals surface area (Å²) in [6, 6.07) is 21.2. The number of benzene rings is 3. The van der Waals surface area contributed by atoms with Crippen LogP contribution in [0.5, 0.6) is 0 Å². The molecule has 0 aliphatic carbocycles. The molecule has 0 unspecified atom stereocenters. The van der Waals surface area contributed by atoms with Crippen LogP contribution in [0, 0.1) is 5.82 Å². The minimum absolute atomic E-state index is 0.00184. The Bertz CT molecular complexity index is 1100. The van der Waals surface area contributed by atoms with Crippen molar-refractivity contribution in [1.29, 1.82) is 0 Å². The van der Waals surface area contributed by atoms with Crippen molar-refractivity contribution in [3.05, 3.63) is 95.8 Å². The summed E-state index contributed by atoms with van der Waals surface area (Å²) in [5.41, 5.74) is 8.14. The van der Waals surface area contributed by atoms with Gasteiger partial charge in [0.1, 0.15) is 18.0 Å². The van der Waals surface area contributed by atoms with Gasteiger partial charge in [-0.3, -0.25) is 9.59 Å². The number of hydrogen-bond acceptors (Lipinski definition) is 4. The average molecular weight is 448 g/mol. The van der Waals surface area contributed by atoms with Gasteiger partial charge in [0.2, 0.25) is 5.91 Å². The first-order valence-corrected chi connectivity index (χ1v) is 10.5. The molecule has 0 spiro atoms. The van der Waals surface area contributed by atoms with Crippen molar-refractivity contribution in [1.82, 2.24) is 5.32 Å². The van der Waals surface area contributed by atoms with Gasteiger partial charge in [-0.25, -0.2) is 9.18 Å². The fourth-order valence-electron chi connectivity index (χ4n) is 3.28. The maximum absolute atomic E-state index is 13.1. The number of nitrogens with one attached hydrogen (secondary N) is 1. The van der Waals surface area contributed by atoms with Crippen LogP contribution >= 0.6 is 0 Å². The number of halogens is 1. The molecule has 2 atom stereocenters. The van der Waals surface area contributed by atoms with E-state index in [1.54, 1.807) is 19.1 Å². The van der Waals surface area contributed by atoms with E-state index in [0.29, 0.717) is 11.1 Å². The van der Waals surface area contributed by atoms with E-state index >= 15 is 0 Å². The molecule has 0 heterocycles. The van der Waals surface area contributed by atoms with E-state index in [0.717, 1.165) is 11.1 Å². The zero-order valence-electron chi connectivity index (χ0n) is 18.2. The number of amides is 2. The van der Waals surface area contributed by atoms with Gasteiger partial charge in [0, 0.05) is 12.0 Å². The van der Waals surface area contributed by atoms with Crippen LogP contribution in [0.15, 0.2) is 78.9 Å². The second kappa shape index (κ2) is 11.0. The lowest BCUT2D eigenvalue weighted by Crippen LogP contribution is -2.42. The van der Waals surface area contributed by atoms with Crippen LogP contribution in [0.25, 0.3) is 11.1 Å². The molecular weight excluding hydrogens is 423 g/mol. The van der Waals surface area contributed by atoms with Crippen LogP contribution in [0.3, 0.4) is 0 Å². The highest BCUT2D eigenvalue weighted by molar-refractivity contribution is 5.97. The number of ether oxygens (including phenoxy) is 1. The Labute approximate surface area is 191 Å². The number of hydrogen-bond donors (Lipinski definition) is 2. The highest BCUT2D eigenvalue weighted by Crippen LogP contribution is 2.20. The van der Waals surface area contributed by atoms with Crippen molar-refractivity contribution in [2.45, 2.75) is 31.9 Å². The highest BCUT2D eigenvalue weighted by atomic mass is 19.1. The van der Waals surface area contributed by atoms with E-state index < -0.39 is 35.7 Å². The lowest BCUT2D eigenvalue weighted by atomic mass is 10.0. The average Bonchev–Trinajstić information content (AvgIpc) is 2.82. The first-order valence-electron chi connectivity index (χ1n) is 10.5. The van der Waals surface area contributed by atoms with Crippen LogP contribution in [0.1, 0.15) is 41.8 Å². The Morgan fingerprint density at radius 1 is 0.909 bits per heavy atom. The van der Waals surface area contributed by atoms with Gasteiger partial charge in [0.15, 0.2) is 0 Å². The molecule has 0 radical (unpaired) electrons. The van der Waals surface area contributed by atoms with Crippen molar-refractivity contribution in [2.75, 3.05) is 0 Å². The van der Waals surface area contributed by atoms with Crippen LogP contribution in [0.2, 0.25) is 0 Å². The molecule has 2 amide bonds. The van der Waals surface area contributed by atoms with Gasteiger partial charge in [-0.2, -0.15) is 0 Å². The number of carbonyl (C=O) groups excluding carboxylic acids is 3. The van der Waals surface area contributed by atoms with Gasteiger partial charge in [-0.05, 0) is 54.3 Å². The van der Waals surface area contributed by atoms with Gasteiger partial charge in [0.05, 0.1) is 0 Å². The zero-order chi connectivity index (χ0) is 23.8. The summed E-state index contributed by atoms with van der Waals surface area (Å²) in [7, 11) is 0. The molecule has 3 aromatic carbocycles. The van der Waals surface area contributed by atoms with E-state index in [1.807, 2.05) is 42.5 Å². The van der Waals surface area contributed by atoms with Gasteiger partial charge < -0.3 is 15.8 Å². The van der Waals surface area contributed by atoms with Crippen LogP contribution in [-0.2, 0) is 14.3 Å². The molecule has 0 aliphatic heterocycles. The van der Waals surface area contributed by atoms with Gasteiger partial charge in [0.25, 0.3) is 5.91 Å². The number of carbonyl (C=O) groups is 3. The minimum atomic E-state index is -1.07. The van der Waals surface area contributed by atoms with Gasteiger partial charge in [-0.15, -0.1) is 0 Å². The Kier molecular flexibility index (Phi) is 7.91. The molecular formula is C26H25FN2O4. The van der Waals surface area contributed by atoms with Crippen LogP contribution < -0.4 is 11.1 Å². The molecule has 33 heavy (non-hydrogen) atoms. The molecule has 3 aromatic rings. The van der Waals surface area contributed by atoms with E-state index in [9.17, 15) is 18.8 Å². The van der Waals surface area contributed by atoms with E-state index in [2.05, 4.69) is 5.32 Å². The molecule has 7 heteroatoms. The Morgan fingerprint density at radius 3 is 2.12 bits per heavy atom. The monoisotopic (exact) mass is 448 g/mol. The molecule has 0 saturated heterocycles. The molecule has 170 valence electrons. The second-order valence-electron chi connectivity index (χ2n) is 7.61. The van der Waals surface area contributed by atoms with Crippen LogP contribution in [0.4, 0.5) is 4.39 Å². The predicted molar refractivity (Wildman–Crippen MR) is 122 cm³/mol. The Balaban J connectivity index is 1.69. The second-order valence-corrected chi connectivity index (χ2v) is 7.61. The molecule has 3 N–H and O–H groups in total. The molecule has 0 fully saturated rings. The molecule has 0 aromatic heterocycles. The van der Waals surface area contributed by atoms with E-state index in [-0.39, 0.29) is 12.8 Å². The largest absolute Gasteiger partial charge is 0.456 e. The predicted octanol–water partition coefficient (Wildman–Crippen LogP) is 4.16. The van der Waals surface area contributed by atoms with E-state index in [1.165, 1.54) is 24.3 Å². The lowest BCUT2D eigenvalue weighted by Gasteiger charge is -2.20. The fraction of sp³-hybridized carbons (Fsp3) is 0.192. The summed E-state index contributed by atoms with van der Waals surface area (Å²) in [6.45, 7) is 1.64. The number of primary amides is 1. The standard InChI is InChI=1S/C26H25FN2O4/c1-17(18-11-13-22(27)14-12-18)33-26(32)23(15-16-24(28)30)29-25(31)21-9-7-20(8-10-21)19-5-3-2-4-6-19/h2-14,17,23H,15-16H2,1H3,(H2,28,30)(H,29,31)/t17-,23-/m0/s1. The van der Waals surface area contributed by atoms with Gasteiger partial charge in [-0.1, -0.05) is 54.6 Å². The normalized spacial score (nSPS) is 12.4. The van der Waals surface area contributed by atoms with E-state index in [4.69, 9.17) is 10.5 Å². The fourth-order valence-corrected chi connectivity index (χ4v) is 3.28. The summed E-state index contributed by atoms with van der Waals surface area (Å²) in [4.78, 5) is 36.8. The molecule has 0 bridgehead atoms. The SMILES string of the molecule is C[C@H](OC(=O)[C@H](CCC(N)=O)NC(=O)c1ccc(-c2ccccc2)cc1)c1ccc(F)cc1. The number of rotatable bonds is 9. The third kappa shape index (κ3) is 6.74. The third-order valence-corrected chi connectivity index (χ3v) is 5.16. The topological polar surface area (TPSA) is 98.5 Å². The maximum Gasteiger partial charge on any atom is 0.329 e. The van der Waals surface area contributed by atoms with Crippen LogP contribution in [-0.4, -0.2) is 23.8 Å².